The number of rotatable bonds is 3. The van der Waals surface area contributed by atoms with Crippen LogP contribution in [-0.4, -0.2) is 21.9 Å². The number of imidazole rings is 1. The van der Waals surface area contributed by atoms with Gasteiger partial charge in [-0.2, -0.15) is 0 Å². The quantitative estimate of drug-likeness (QED) is 0.836. The second-order valence-corrected chi connectivity index (χ2v) is 5.15. The number of nitrogens with one attached hydrogen (secondary N) is 2. The second kappa shape index (κ2) is 4.76. The zero-order chi connectivity index (χ0) is 12.5. The lowest BCUT2D eigenvalue weighted by Gasteiger charge is -2.17. The van der Waals surface area contributed by atoms with E-state index in [9.17, 15) is 4.39 Å². The molecule has 0 spiro atoms. The summed E-state index contributed by atoms with van der Waals surface area (Å²) < 4.78 is 13.1. The van der Waals surface area contributed by atoms with Crippen LogP contribution in [-0.2, 0) is 0 Å². The van der Waals surface area contributed by atoms with E-state index in [4.69, 9.17) is 11.6 Å². The minimum absolute atomic E-state index is 0.253. The van der Waals surface area contributed by atoms with Gasteiger partial charge in [0.25, 0.3) is 0 Å². The summed E-state index contributed by atoms with van der Waals surface area (Å²) in [6.07, 6.45) is 3.47. The van der Waals surface area contributed by atoms with Crippen molar-refractivity contribution in [1.29, 1.82) is 0 Å². The predicted molar refractivity (Wildman–Crippen MR) is 71.5 cm³/mol. The molecule has 0 saturated heterocycles. The van der Waals surface area contributed by atoms with Crippen molar-refractivity contribution >= 4 is 28.6 Å². The van der Waals surface area contributed by atoms with E-state index in [1.807, 2.05) is 0 Å². The van der Waals surface area contributed by atoms with Gasteiger partial charge in [-0.3, -0.25) is 0 Å². The number of H-pyrrole nitrogens is 1. The zero-order valence-corrected chi connectivity index (χ0v) is 10.7. The molecule has 1 saturated carbocycles. The Hall–Kier alpha value is -1.29. The first-order valence-electron chi connectivity index (χ1n) is 6.24. The molecule has 18 heavy (non-hydrogen) atoms. The van der Waals surface area contributed by atoms with Gasteiger partial charge in [0, 0.05) is 11.9 Å². The Bertz CT molecular complexity index is 554. The maximum Gasteiger partial charge on any atom is 0.201 e. The first-order chi connectivity index (χ1) is 8.76. The van der Waals surface area contributed by atoms with Crippen molar-refractivity contribution in [3.63, 3.8) is 0 Å². The third-order valence-electron chi connectivity index (χ3n) is 3.62. The summed E-state index contributed by atoms with van der Waals surface area (Å²) in [5.41, 5.74) is 1.50. The number of anilines is 1. The second-order valence-electron chi connectivity index (χ2n) is 4.84. The fourth-order valence-corrected chi connectivity index (χ4v) is 3.01. The fourth-order valence-electron chi connectivity index (χ4n) is 2.64. The van der Waals surface area contributed by atoms with Gasteiger partial charge in [-0.25, -0.2) is 9.37 Å². The Balaban J connectivity index is 1.82. The molecule has 0 radical (unpaired) electrons. The number of nitrogens with zero attached hydrogens (tertiary/aromatic N) is 1. The average molecular weight is 268 g/mol. The van der Waals surface area contributed by atoms with Crippen LogP contribution in [0.5, 0.6) is 0 Å². The molecule has 2 N–H and O–H groups in total. The topological polar surface area (TPSA) is 40.7 Å². The van der Waals surface area contributed by atoms with Crippen molar-refractivity contribution in [1.82, 2.24) is 9.97 Å². The minimum Gasteiger partial charge on any atom is -0.353 e. The van der Waals surface area contributed by atoms with Gasteiger partial charge < -0.3 is 10.3 Å². The first-order valence-corrected chi connectivity index (χ1v) is 6.77. The van der Waals surface area contributed by atoms with Crippen molar-refractivity contribution in [2.45, 2.75) is 25.3 Å². The van der Waals surface area contributed by atoms with E-state index >= 15 is 0 Å². The maximum atomic E-state index is 13.1. The van der Waals surface area contributed by atoms with E-state index in [2.05, 4.69) is 15.3 Å². The first kappa shape index (κ1) is 11.8. The van der Waals surface area contributed by atoms with Crippen LogP contribution in [0.15, 0.2) is 18.2 Å². The van der Waals surface area contributed by atoms with Crippen LogP contribution < -0.4 is 5.32 Å². The van der Waals surface area contributed by atoms with E-state index in [0.717, 1.165) is 23.9 Å². The van der Waals surface area contributed by atoms with Crippen LogP contribution in [0.25, 0.3) is 11.0 Å². The molecular weight excluding hydrogens is 253 g/mol. The third kappa shape index (κ3) is 2.17. The highest BCUT2D eigenvalue weighted by Gasteiger charge is 2.26. The minimum atomic E-state index is -0.253. The van der Waals surface area contributed by atoms with E-state index in [0.29, 0.717) is 23.8 Å². The summed E-state index contributed by atoms with van der Waals surface area (Å²) >= 11 is 5.95. The van der Waals surface area contributed by atoms with E-state index in [1.54, 1.807) is 6.07 Å². The molecule has 3 rings (SSSR count). The molecule has 1 fully saturated rings. The van der Waals surface area contributed by atoms with Crippen LogP contribution in [0.1, 0.15) is 19.3 Å². The van der Waals surface area contributed by atoms with Crippen LogP contribution in [0.2, 0.25) is 0 Å². The SMILES string of the molecule is Fc1ccc2nc(NC3CCCC3CCl)[nH]c2c1. The van der Waals surface area contributed by atoms with E-state index in [1.165, 1.54) is 18.6 Å². The highest BCUT2D eigenvalue weighted by Crippen LogP contribution is 2.29. The summed E-state index contributed by atoms with van der Waals surface area (Å²) in [5.74, 6) is 1.62. The van der Waals surface area contributed by atoms with Crippen molar-refractivity contribution in [3.8, 4) is 0 Å². The molecule has 0 bridgehead atoms. The summed E-state index contributed by atoms with van der Waals surface area (Å²) in [6, 6.07) is 4.93. The molecule has 1 aromatic carbocycles. The predicted octanol–water partition coefficient (Wildman–Crippen LogP) is 3.52. The summed E-state index contributed by atoms with van der Waals surface area (Å²) in [5, 5.41) is 3.38. The lowest BCUT2D eigenvalue weighted by atomic mass is 10.1. The number of alkyl halides is 1. The smallest absolute Gasteiger partial charge is 0.201 e. The molecule has 1 heterocycles. The number of benzene rings is 1. The molecule has 96 valence electrons. The Labute approximate surface area is 110 Å². The van der Waals surface area contributed by atoms with Gasteiger partial charge in [-0.1, -0.05) is 6.42 Å². The number of aromatic nitrogens is 2. The summed E-state index contributed by atoms with van der Waals surface area (Å²) in [6.45, 7) is 0. The molecule has 1 aliphatic carbocycles. The lowest BCUT2D eigenvalue weighted by Crippen LogP contribution is -2.25. The number of halogens is 2. The standard InChI is InChI=1S/C13H15ClFN3/c14-7-8-2-1-3-10(8)16-13-17-11-5-4-9(15)6-12(11)18-13/h4-6,8,10H,1-3,7H2,(H2,16,17,18). The van der Waals surface area contributed by atoms with Crippen molar-refractivity contribution < 1.29 is 4.39 Å². The zero-order valence-electron chi connectivity index (χ0n) is 9.92. The van der Waals surface area contributed by atoms with Gasteiger partial charge in [0.1, 0.15) is 5.82 Å². The van der Waals surface area contributed by atoms with Gasteiger partial charge >= 0.3 is 0 Å². The third-order valence-corrected chi connectivity index (χ3v) is 4.02. The van der Waals surface area contributed by atoms with Crippen molar-refractivity contribution in [3.05, 3.63) is 24.0 Å². The van der Waals surface area contributed by atoms with Crippen LogP contribution in [0.4, 0.5) is 10.3 Å². The molecule has 2 unspecified atom stereocenters. The van der Waals surface area contributed by atoms with E-state index < -0.39 is 0 Å². The molecule has 0 aliphatic heterocycles. The molecule has 3 nitrogen and oxygen atoms in total. The molecule has 2 atom stereocenters. The summed E-state index contributed by atoms with van der Waals surface area (Å²) in [7, 11) is 0. The number of fused-ring (bicyclic) bond motifs is 1. The highest BCUT2D eigenvalue weighted by atomic mass is 35.5. The normalized spacial score (nSPS) is 23.7. The molecule has 1 aliphatic rings. The number of aromatic amines is 1. The maximum absolute atomic E-state index is 13.1. The molecular formula is C13H15ClFN3. The van der Waals surface area contributed by atoms with Crippen molar-refractivity contribution in [2.24, 2.45) is 5.92 Å². The molecule has 0 amide bonds. The monoisotopic (exact) mass is 267 g/mol. The fraction of sp³-hybridized carbons (Fsp3) is 0.462. The Morgan fingerprint density at radius 2 is 2.33 bits per heavy atom. The van der Waals surface area contributed by atoms with Crippen molar-refractivity contribution in [2.75, 3.05) is 11.2 Å². The van der Waals surface area contributed by atoms with Crippen LogP contribution in [0.3, 0.4) is 0 Å². The van der Waals surface area contributed by atoms with Gasteiger partial charge in [-0.15, -0.1) is 11.6 Å². The van der Waals surface area contributed by atoms with E-state index in [-0.39, 0.29) is 5.82 Å². The van der Waals surface area contributed by atoms with Gasteiger partial charge in [0.2, 0.25) is 5.95 Å². The van der Waals surface area contributed by atoms with Gasteiger partial charge in [0.05, 0.1) is 11.0 Å². The van der Waals surface area contributed by atoms with Crippen LogP contribution >= 0.6 is 11.6 Å². The highest BCUT2D eigenvalue weighted by molar-refractivity contribution is 6.18. The molecule has 5 heteroatoms. The summed E-state index contributed by atoms with van der Waals surface area (Å²) in [4.78, 5) is 7.51. The largest absolute Gasteiger partial charge is 0.353 e. The number of hydrogen-bond donors (Lipinski definition) is 2. The van der Waals surface area contributed by atoms with Crippen LogP contribution in [0, 0.1) is 11.7 Å². The Morgan fingerprint density at radius 3 is 3.17 bits per heavy atom. The Morgan fingerprint density at radius 1 is 1.44 bits per heavy atom. The molecule has 2 aromatic rings. The van der Waals surface area contributed by atoms with Gasteiger partial charge in [0.15, 0.2) is 0 Å². The lowest BCUT2D eigenvalue weighted by molar-refractivity contribution is 0.560. The molecule has 1 aromatic heterocycles. The van der Waals surface area contributed by atoms with Gasteiger partial charge in [-0.05, 0) is 37.0 Å². The average Bonchev–Trinajstić information content (AvgIpc) is 2.94. The number of hydrogen-bond acceptors (Lipinski definition) is 2. The Kier molecular flexibility index (Phi) is 3.12.